The number of hydrogen-bond acceptors (Lipinski definition) is 4. The van der Waals surface area contributed by atoms with E-state index in [2.05, 4.69) is 82.3 Å². The summed E-state index contributed by atoms with van der Waals surface area (Å²) in [6.45, 7) is 11.1. The molecule has 50 heavy (non-hydrogen) atoms. The molecule has 5 rings (SSSR count). The Kier molecular flexibility index (Phi) is 11.8. The summed E-state index contributed by atoms with van der Waals surface area (Å²) in [7, 11) is -1.59. The number of piperidine rings is 1. The molecule has 0 aromatic heterocycles. The number of methoxy groups -OCH3 is 1. The second-order valence-electron chi connectivity index (χ2n) is 14.4. The van der Waals surface area contributed by atoms with Crippen LogP contribution in [0.15, 0.2) is 121 Å². The van der Waals surface area contributed by atoms with Gasteiger partial charge < -0.3 is 14.1 Å². The second-order valence-corrected chi connectivity index (χ2v) is 19.6. The summed E-state index contributed by atoms with van der Waals surface area (Å²) in [5.41, 5.74) is 0.959. The van der Waals surface area contributed by atoms with E-state index in [1.165, 1.54) is 23.6 Å². The average molecular weight is 729 g/mol. The highest BCUT2D eigenvalue weighted by atomic mass is 35.5. The average Bonchev–Trinajstić information content (AvgIpc) is 3.11. The van der Waals surface area contributed by atoms with Crippen molar-refractivity contribution in [2.75, 3.05) is 13.7 Å². The molecule has 5 nitrogen and oxygen atoms in total. The standard InChI is InChI=1S/C42H47Cl2NO4Si/c1-7-34(29-49-50(41(2,3)4,35-17-10-8-11-18-35)36-19-12-9-13-20-36)45-39(30-21-23-32(43)24-22-30)37(31-15-14-16-33(44)27-31)28-42(5,40(45)47)26-25-38(46)48-6/h8-27,34,37,39H,7,28-29H2,1-6H3/t34-,37+,39+,42-/m0/s1. The molecule has 0 radical (unpaired) electrons. The first-order chi connectivity index (χ1) is 23.8. The van der Waals surface area contributed by atoms with Crippen LogP contribution in [0.4, 0.5) is 0 Å². The molecule has 0 bridgehead atoms. The van der Waals surface area contributed by atoms with E-state index in [1.807, 2.05) is 66.4 Å². The Morgan fingerprint density at radius 2 is 1.50 bits per heavy atom. The highest BCUT2D eigenvalue weighted by Crippen LogP contribution is 2.52. The second kappa shape index (κ2) is 15.7. The van der Waals surface area contributed by atoms with E-state index in [-0.39, 0.29) is 28.9 Å². The van der Waals surface area contributed by atoms with Gasteiger partial charge in [0.15, 0.2) is 0 Å². The minimum Gasteiger partial charge on any atom is -0.466 e. The third-order valence-corrected chi connectivity index (χ3v) is 15.6. The predicted octanol–water partition coefficient (Wildman–Crippen LogP) is 9.14. The van der Waals surface area contributed by atoms with E-state index >= 15 is 4.79 Å². The maximum absolute atomic E-state index is 15.1. The van der Waals surface area contributed by atoms with Gasteiger partial charge >= 0.3 is 5.97 Å². The molecule has 0 spiro atoms. The summed E-state index contributed by atoms with van der Waals surface area (Å²) in [6, 6.07) is 36.0. The fourth-order valence-electron chi connectivity index (χ4n) is 7.59. The Bertz CT molecular complexity index is 1750. The zero-order valence-corrected chi connectivity index (χ0v) is 32.2. The monoisotopic (exact) mass is 727 g/mol. The van der Waals surface area contributed by atoms with Crippen LogP contribution in [0.3, 0.4) is 0 Å². The van der Waals surface area contributed by atoms with Crippen LogP contribution < -0.4 is 10.4 Å². The zero-order valence-electron chi connectivity index (χ0n) is 29.7. The number of halogens is 2. The van der Waals surface area contributed by atoms with Crippen molar-refractivity contribution in [3.63, 3.8) is 0 Å². The van der Waals surface area contributed by atoms with Crippen LogP contribution in [0.1, 0.15) is 70.5 Å². The molecule has 1 amide bonds. The van der Waals surface area contributed by atoms with Crippen LogP contribution in [-0.4, -0.2) is 44.9 Å². The SMILES string of the molecule is CC[C@@H](CO[Si](c1ccccc1)(c1ccccc1)C(C)(C)C)N1C(=O)[C@@](C)(C=CC(=O)OC)C[C@H](c2cccc(Cl)c2)[C@H]1c1ccc(Cl)cc1. The quantitative estimate of drug-likeness (QED) is 0.0879. The molecule has 0 saturated carbocycles. The van der Waals surface area contributed by atoms with Crippen molar-refractivity contribution in [1.82, 2.24) is 4.90 Å². The van der Waals surface area contributed by atoms with Gasteiger partial charge in [0.1, 0.15) is 0 Å². The molecule has 1 heterocycles. The number of carbonyl (C=O) groups is 2. The molecule has 4 aromatic carbocycles. The van der Waals surface area contributed by atoms with Crippen molar-refractivity contribution in [3.8, 4) is 0 Å². The van der Waals surface area contributed by atoms with E-state index < -0.39 is 19.7 Å². The van der Waals surface area contributed by atoms with E-state index in [0.29, 0.717) is 29.5 Å². The third kappa shape index (κ3) is 7.64. The van der Waals surface area contributed by atoms with Crippen LogP contribution in [0.5, 0.6) is 0 Å². The maximum atomic E-state index is 15.1. The van der Waals surface area contributed by atoms with Gasteiger partial charge in [0.05, 0.1) is 31.2 Å². The zero-order chi connectivity index (χ0) is 36.1. The van der Waals surface area contributed by atoms with E-state index in [9.17, 15) is 4.79 Å². The Hall–Kier alpha value is -3.68. The Morgan fingerprint density at radius 1 is 0.900 bits per heavy atom. The summed E-state index contributed by atoms with van der Waals surface area (Å²) >= 11 is 13.0. The molecular weight excluding hydrogens is 681 g/mol. The van der Waals surface area contributed by atoms with Gasteiger partial charge in [-0.3, -0.25) is 4.79 Å². The van der Waals surface area contributed by atoms with Gasteiger partial charge in [-0.25, -0.2) is 4.79 Å². The lowest BCUT2D eigenvalue weighted by atomic mass is 9.68. The van der Waals surface area contributed by atoms with Crippen molar-refractivity contribution < 1.29 is 18.8 Å². The predicted molar refractivity (Wildman–Crippen MR) is 207 cm³/mol. The molecule has 4 atom stereocenters. The molecule has 1 aliphatic rings. The molecule has 0 aliphatic carbocycles. The third-order valence-electron chi connectivity index (χ3n) is 10.1. The number of likely N-dealkylation sites (tertiary alicyclic amines) is 1. The number of amides is 1. The number of esters is 1. The lowest BCUT2D eigenvalue weighted by Crippen LogP contribution is -2.67. The van der Waals surface area contributed by atoms with Gasteiger partial charge in [-0.2, -0.15) is 0 Å². The molecule has 4 aromatic rings. The van der Waals surface area contributed by atoms with Gasteiger partial charge in [-0.1, -0.05) is 142 Å². The van der Waals surface area contributed by atoms with Crippen molar-refractivity contribution in [3.05, 3.63) is 143 Å². The molecule has 1 fully saturated rings. The number of rotatable bonds is 11. The first-order valence-electron chi connectivity index (χ1n) is 17.2. The summed E-state index contributed by atoms with van der Waals surface area (Å²) in [6.07, 6.45) is 4.18. The largest absolute Gasteiger partial charge is 0.466 e. The summed E-state index contributed by atoms with van der Waals surface area (Å²) in [5.74, 6) is -0.748. The maximum Gasteiger partial charge on any atom is 0.330 e. The van der Waals surface area contributed by atoms with Crippen molar-refractivity contribution in [2.45, 2.75) is 70.5 Å². The fourth-order valence-corrected chi connectivity index (χ4v) is 12.5. The Labute approximate surface area is 308 Å². The number of nitrogens with zero attached hydrogens (tertiary/aromatic N) is 1. The smallest absolute Gasteiger partial charge is 0.330 e. The lowest BCUT2D eigenvalue weighted by Gasteiger charge is -2.52. The first-order valence-corrected chi connectivity index (χ1v) is 19.9. The molecule has 1 saturated heterocycles. The normalized spacial score (nSPS) is 20.6. The highest BCUT2D eigenvalue weighted by Gasteiger charge is 2.53. The van der Waals surface area contributed by atoms with Gasteiger partial charge in [-0.05, 0) is 70.6 Å². The highest BCUT2D eigenvalue weighted by molar-refractivity contribution is 6.99. The summed E-state index contributed by atoms with van der Waals surface area (Å²) in [5, 5.41) is 3.35. The van der Waals surface area contributed by atoms with Gasteiger partial charge in [0.2, 0.25) is 5.91 Å². The lowest BCUT2D eigenvalue weighted by molar-refractivity contribution is -0.152. The summed E-state index contributed by atoms with van der Waals surface area (Å²) in [4.78, 5) is 29.5. The number of benzene rings is 4. The first kappa shape index (κ1) is 37.6. The van der Waals surface area contributed by atoms with Crippen molar-refractivity contribution in [1.29, 1.82) is 0 Å². The van der Waals surface area contributed by atoms with Crippen molar-refractivity contribution >= 4 is 53.8 Å². The Balaban J connectivity index is 1.69. The van der Waals surface area contributed by atoms with E-state index in [4.69, 9.17) is 32.4 Å². The molecule has 262 valence electrons. The molecule has 0 unspecified atom stereocenters. The van der Waals surface area contributed by atoms with Gasteiger partial charge in [0, 0.05) is 22.0 Å². The van der Waals surface area contributed by atoms with Crippen LogP contribution in [0.2, 0.25) is 15.1 Å². The van der Waals surface area contributed by atoms with E-state index in [1.54, 1.807) is 6.08 Å². The van der Waals surface area contributed by atoms with Crippen LogP contribution in [-0.2, 0) is 18.8 Å². The van der Waals surface area contributed by atoms with Gasteiger partial charge in [0.25, 0.3) is 8.32 Å². The number of hydrogen-bond donors (Lipinski definition) is 0. The minimum atomic E-state index is -2.93. The molecular formula is C42H47Cl2NO4Si. The summed E-state index contributed by atoms with van der Waals surface area (Å²) < 4.78 is 12.4. The molecule has 1 aliphatic heterocycles. The van der Waals surface area contributed by atoms with Crippen LogP contribution in [0, 0.1) is 5.41 Å². The minimum absolute atomic E-state index is 0.0752. The van der Waals surface area contributed by atoms with Crippen LogP contribution >= 0.6 is 23.2 Å². The fraction of sp³-hybridized carbons (Fsp3) is 0.333. The Morgan fingerprint density at radius 3 is 2.02 bits per heavy atom. The van der Waals surface area contributed by atoms with Gasteiger partial charge in [-0.15, -0.1) is 0 Å². The van der Waals surface area contributed by atoms with E-state index in [0.717, 1.165) is 11.1 Å². The number of ether oxygens (including phenoxy) is 1. The molecule has 8 heteroatoms. The van der Waals surface area contributed by atoms with Crippen LogP contribution in [0.25, 0.3) is 0 Å². The molecule has 0 N–H and O–H groups in total. The topological polar surface area (TPSA) is 55.8 Å². The number of carbonyl (C=O) groups excluding carboxylic acids is 2. The van der Waals surface area contributed by atoms with Crippen molar-refractivity contribution in [2.24, 2.45) is 5.41 Å².